The van der Waals surface area contributed by atoms with Crippen molar-refractivity contribution in [1.29, 1.82) is 0 Å². The zero-order valence-electron chi connectivity index (χ0n) is 12.8. The van der Waals surface area contributed by atoms with Crippen molar-refractivity contribution in [3.8, 4) is 0 Å². The lowest BCUT2D eigenvalue weighted by Gasteiger charge is -2.28. The zero-order chi connectivity index (χ0) is 13.8. The van der Waals surface area contributed by atoms with Gasteiger partial charge in [-0.3, -0.25) is 4.90 Å². The van der Waals surface area contributed by atoms with Crippen LogP contribution in [0.5, 0.6) is 0 Å². The third-order valence-electron chi connectivity index (χ3n) is 3.18. The van der Waals surface area contributed by atoms with Gasteiger partial charge in [-0.25, -0.2) is 0 Å². The minimum absolute atomic E-state index is 0.356. The van der Waals surface area contributed by atoms with E-state index >= 15 is 0 Å². The van der Waals surface area contributed by atoms with Gasteiger partial charge in [-0.05, 0) is 33.2 Å². The summed E-state index contributed by atoms with van der Waals surface area (Å²) in [7, 11) is 0. The summed E-state index contributed by atoms with van der Waals surface area (Å²) in [4.78, 5) is 2.35. The van der Waals surface area contributed by atoms with Crippen molar-refractivity contribution >= 4 is 0 Å². The van der Waals surface area contributed by atoms with Gasteiger partial charge in [-0.15, -0.1) is 0 Å². The monoisotopic (exact) mass is 259 g/mol. The lowest BCUT2D eigenvalue weighted by atomic mass is 10.2. The largest absolute Gasteiger partial charge is 0.389 e. The Hall–Kier alpha value is -0.120. The van der Waals surface area contributed by atoms with Crippen LogP contribution in [0.2, 0.25) is 0 Å². The molecule has 0 saturated carbocycles. The van der Waals surface area contributed by atoms with Crippen LogP contribution in [0, 0.1) is 0 Å². The minimum Gasteiger partial charge on any atom is -0.389 e. The fraction of sp³-hybridized carbons (Fsp3) is 1.00. The molecule has 3 nitrogen and oxygen atoms in total. The average Bonchev–Trinajstić information content (AvgIpc) is 2.33. The summed E-state index contributed by atoms with van der Waals surface area (Å²) >= 11 is 0. The molecule has 0 aromatic rings. The highest BCUT2D eigenvalue weighted by atomic mass is 16.5. The van der Waals surface area contributed by atoms with E-state index in [4.69, 9.17) is 4.74 Å². The first-order valence-electron chi connectivity index (χ1n) is 7.61. The van der Waals surface area contributed by atoms with E-state index in [-0.39, 0.29) is 6.10 Å². The molecule has 0 aliphatic carbocycles. The summed E-state index contributed by atoms with van der Waals surface area (Å²) in [5.41, 5.74) is 0. The third-order valence-corrected chi connectivity index (χ3v) is 3.18. The molecule has 0 aromatic carbocycles. The second kappa shape index (κ2) is 11.9. The number of ether oxygens (including phenoxy) is 1. The summed E-state index contributed by atoms with van der Waals surface area (Å²) in [6, 6.07) is 0.493. The van der Waals surface area contributed by atoms with Crippen molar-refractivity contribution in [2.45, 2.75) is 71.9 Å². The number of hydrogen-bond donors (Lipinski definition) is 1. The van der Waals surface area contributed by atoms with Gasteiger partial charge in [0, 0.05) is 19.2 Å². The molecular weight excluding hydrogens is 226 g/mol. The fourth-order valence-electron chi connectivity index (χ4n) is 1.91. The van der Waals surface area contributed by atoms with Gasteiger partial charge in [0.25, 0.3) is 0 Å². The molecule has 0 saturated heterocycles. The van der Waals surface area contributed by atoms with Crippen LogP contribution in [-0.2, 0) is 4.74 Å². The molecule has 0 amide bonds. The number of aliphatic hydroxyl groups is 1. The van der Waals surface area contributed by atoms with E-state index in [0.717, 1.165) is 32.5 Å². The van der Waals surface area contributed by atoms with Crippen molar-refractivity contribution in [3.63, 3.8) is 0 Å². The van der Waals surface area contributed by atoms with Crippen LogP contribution >= 0.6 is 0 Å². The van der Waals surface area contributed by atoms with Gasteiger partial charge in [0.05, 0.1) is 12.7 Å². The summed E-state index contributed by atoms with van der Waals surface area (Å²) in [6.07, 6.45) is 5.60. The van der Waals surface area contributed by atoms with Crippen LogP contribution in [0.3, 0.4) is 0 Å². The van der Waals surface area contributed by atoms with Crippen molar-refractivity contribution in [2.75, 3.05) is 26.3 Å². The van der Waals surface area contributed by atoms with Crippen molar-refractivity contribution in [2.24, 2.45) is 0 Å². The van der Waals surface area contributed by atoms with E-state index in [1.165, 1.54) is 19.3 Å². The maximum atomic E-state index is 9.96. The first-order valence-corrected chi connectivity index (χ1v) is 7.61. The molecule has 0 aliphatic heterocycles. The molecule has 0 heterocycles. The van der Waals surface area contributed by atoms with E-state index < -0.39 is 0 Å². The van der Waals surface area contributed by atoms with Gasteiger partial charge in [0.2, 0.25) is 0 Å². The number of hydrogen-bond acceptors (Lipinski definition) is 3. The number of nitrogens with zero attached hydrogens (tertiary/aromatic N) is 1. The molecule has 0 aliphatic rings. The van der Waals surface area contributed by atoms with Crippen molar-refractivity contribution < 1.29 is 9.84 Å². The molecule has 0 aromatic heterocycles. The highest BCUT2D eigenvalue weighted by molar-refractivity contribution is 4.68. The third kappa shape index (κ3) is 9.86. The highest BCUT2D eigenvalue weighted by Gasteiger charge is 2.14. The number of unbranched alkanes of at least 4 members (excludes halogenated alkanes) is 3. The molecule has 0 bridgehead atoms. The lowest BCUT2D eigenvalue weighted by Crippen LogP contribution is -2.40. The predicted molar refractivity (Wildman–Crippen MR) is 78.0 cm³/mol. The standard InChI is InChI=1S/C15H33NO2/c1-5-7-9-10-16(14(3)4)12-15(17)13-18-11-8-6-2/h14-15,17H,5-13H2,1-4H3. The van der Waals surface area contributed by atoms with Crippen LogP contribution in [-0.4, -0.2) is 48.5 Å². The minimum atomic E-state index is -0.356. The van der Waals surface area contributed by atoms with Crippen LogP contribution in [0.4, 0.5) is 0 Å². The summed E-state index contributed by atoms with van der Waals surface area (Å²) in [5, 5.41) is 9.96. The Bertz CT molecular complexity index is 174. The molecule has 1 unspecified atom stereocenters. The second-order valence-corrected chi connectivity index (χ2v) is 5.38. The Morgan fingerprint density at radius 3 is 2.28 bits per heavy atom. The average molecular weight is 259 g/mol. The quantitative estimate of drug-likeness (QED) is 0.547. The van der Waals surface area contributed by atoms with Crippen LogP contribution in [0.15, 0.2) is 0 Å². The Kier molecular flexibility index (Phi) is 11.9. The molecule has 0 spiro atoms. The second-order valence-electron chi connectivity index (χ2n) is 5.38. The van der Waals surface area contributed by atoms with Gasteiger partial charge in [-0.2, -0.15) is 0 Å². The first kappa shape index (κ1) is 17.9. The van der Waals surface area contributed by atoms with Gasteiger partial charge in [0.1, 0.15) is 0 Å². The normalized spacial score (nSPS) is 13.5. The van der Waals surface area contributed by atoms with Crippen LogP contribution in [0.1, 0.15) is 59.8 Å². The molecule has 0 rings (SSSR count). The van der Waals surface area contributed by atoms with E-state index in [1.807, 2.05) is 0 Å². The first-order chi connectivity index (χ1) is 8.61. The fourth-order valence-corrected chi connectivity index (χ4v) is 1.91. The molecule has 110 valence electrons. The van der Waals surface area contributed by atoms with Gasteiger partial charge < -0.3 is 9.84 Å². The van der Waals surface area contributed by atoms with Crippen LogP contribution in [0.25, 0.3) is 0 Å². The number of aliphatic hydroxyl groups excluding tert-OH is 1. The Morgan fingerprint density at radius 2 is 1.72 bits per heavy atom. The van der Waals surface area contributed by atoms with Gasteiger partial charge >= 0.3 is 0 Å². The Labute approximate surface area is 114 Å². The van der Waals surface area contributed by atoms with E-state index in [2.05, 4.69) is 32.6 Å². The van der Waals surface area contributed by atoms with Crippen molar-refractivity contribution in [1.82, 2.24) is 4.90 Å². The maximum absolute atomic E-state index is 9.96. The molecule has 1 N–H and O–H groups in total. The van der Waals surface area contributed by atoms with Gasteiger partial charge in [-0.1, -0.05) is 33.1 Å². The van der Waals surface area contributed by atoms with Gasteiger partial charge in [0.15, 0.2) is 0 Å². The Morgan fingerprint density at radius 1 is 1.06 bits per heavy atom. The summed E-state index contributed by atoms with van der Waals surface area (Å²) in [5.74, 6) is 0. The van der Waals surface area contributed by atoms with E-state index in [0.29, 0.717) is 12.6 Å². The Balaban J connectivity index is 3.77. The molecule has 1 atom stereocenters. The molecular formula is C15H33NO2. The number of rotatable bonds is 12. The smallest absolute Gasteiger partial charge is 0.0900 e. The molecule has 0 radical (unpaired) electrons. The molecule has 0 fully saturated rings. The highest BCUT2D eigenvalue weighted by Crippen LogP contribution is 2.05. The SMILES string of the molecule is CCCCCN(CC(O)COCCCC)C(C)C. The van der Waals surface area contributed by atoms with Crippen molar-refractivity contribution in [3.05, 3.63) is 0 Å². The molecule has 3 heteroatoms. The van der Waals surface area contributed by atoms with E-state index in [1.54, 1.807) is 0 Å². The predicted octanol–water partition coefficient (Wildman–Crippen LogP) is 3.06. The topological polar surface area (TPSA) is 32.7 Å². The maximum Gasteiger partial charge on any atom is 0.0900 e. The van der Waals surface area contributed by atoms with E-state index in [9.17, 15) is 5.11 Å². The summed E-state index contributed by atoms with van der Waals surface area (Å²) < 4.78 is 5.47. The molecule has 18 heavy (non-hydrogen) atoms. The zero-order valence-corrected chi connectivity index (χ0v) is 12.8. The lowest BCUT2D eigenvalue weighted by molar-refractivity contribution is 0.0101. The summed E-state index contributed by atoms with van der Waals surface area (Å²) in [6.45, 7) is 11.8. The van der Waals surface area contributed by atoms with Crippen LogP contribution < -0.4 is 0 Å².